The molecular weight excluding hydrogens is 448 g/mol. The molecule has 3 atom stereocenters. The summed E-state index contributed by atoms with van der Waals surface area (Å²) in [6.07, 6.45) is 5.30. The molecule has 7 heteroatoms. The van der Waals surface area contributed by atoms with Crippen LogP contribution in [0.5, 0.6) is 0 Å². The first kappa shape index (κ1) is 23.2. The number of rotatable bonds is 6. The van der Waals surface area contributed by atoms with Gasteiger partial charge in [0.05, 0.1) is 22.7 Å². The van der Waals surface area contributed by atoms with Gasteiger partial charge in [-0.15, -0.1) is 0 Å². The number of pyridine rings is 2. The quantitative estimate of drug-likeness (QED) is 0.538. The normalized spacial score (nSPS) is 21.6. The summed E-state index contributed by atoms with van der Waals surface area (Å²) in [7, 11) is 1.83. The number of halogens is 1. The third-order valence-electron chi connectivity index (χ3n) is 7.08. The van der Waals surface area contributed by atoms with Gasteiger partial charge in [-0.3, -0.25) is 4.79 Å². The lowest BCUT2D eigenvalue weighted by molar-refractivity contribution is -0.00546. The zero-order valence-electron chi connectivity index (χ0n) is 20.3. The van der Waals surface area contributed by atoms with E-state index in [1.165, 1.54) is 12.8 Å². The Balaban J connectivity index is 1.47. The molecule has 1 aliphatic carbocycles. The second-order valence-electron chi connectivity index (χ2n) is 10.1. The molecule has 1 saturated heterocycles. The summed E-state index contributed by atoms with van der Waals surface area (Å²) in [5.74, 6) is 1.63. The summed E-state index contributed by atoms with van der Waals surface area (Å²) < 4.78 is 7.59. The number of anilines is 2. The molecule has 0 spiro atoms. The van der Waals surface area contributed by atoms with Crippen molar-refractivity contribution >= 4 is 34.0 Å². The first-order valence-corrected chi connectivity index (χ1v) is 12.6. The molecule has 5 rings (SSSR count). The van der Waals surface area contributed by atoms with E-state index in [1.54, 1.807) is 16.8 Å². The molecule has 180 valence electrons. The van der Waals surface area contributed by atoms with Gasteiger partial charge in [-0.2, -0.15) is 0 Å². The smallest absolute Gasteiger partial charge is 0.252 e. The number of hydrogen-bond acceptors (Lipinski definition) is 5. The van der Waals surface area contributed by atoms with Crippen LogP contribution in [0.3, 0.4) is 0 Å². The van der Waals surface area contributed by atoms with Gasteiger partial charge in [0.25, 0.3) is 5.56 Å². The van der Waals surface area contributed by atoms with Crippen LogP contribution in [-0.2, 0) is 18.2 Å². The number of benzene rings is 1. The van der Waals surface area contributed by atoms with E-state index in [9.17, 15) is 4.79 Å². The lowest BCUT2D eigenvalue weighted by Gasteiger charge is -2.36. The Hall–Kier alpha value is -2.57. The highest BCUT2D eigenvalue weighted by atomic mass is 35.5. The molecule has 2 fully saturated rings. The Morgan fingerprint density at radius 1 is 1.18 bits per heavy atom. The van der Waals surface area contributed by atoms with Crippen LogP contribution in [0.4, 0.5) is 11.5 Å². The number of aromatic nitrogens is 2. The maximum Gasteiger partial charge on any atom is 0.252 e. The number of nitrogens with one attached hydrogen (secondary N) is 1. The molecule has 1 N–H and O–H groups in total. The summed E-state index contributed by atoms with van der Waals surface area (Å²) in [6.45, 7) is 8.03. The van der Waals surface area contributed by atoms with Gasteiger partial charge in [-0.25, -0.2) is 4.98 Å². The van der Waals surface area contributed by atoms with E-state index >= 15 is 0 Å². The SMILES string of the molecule is C[C@@H]1CN(c2cc(Cc3ccc4c(c3)c(N[C@H](C)C3CC3)cc(=O)n4C)c(Cl)cn2)C[C@H](C)O1. The second kappa shape index (κ2) is 9.23. The molecule has 1 saturated carbocycles. The monoisotopic (exact) mass is 480 g/mol. The molecule has 2 aromatic heterocycles. The molecule has 0 radical (unpaired) electrons. The highest BCUT2D eigenvalue weighted by Gasteiger charge is 2.28. The Bertz CT molecular complexity index is 1260. The van der Waals surface area contributed by atoms with Gasteiger partial charge in [0.2, 0.25) is 0 Å². The van der Waals surface area contributed by atoms with Crippen molar-refractivity contribution in [3.63, 3.8) is 0 Å². The van der Waals surface area contributed by atoms with E-state index in [1.807, 2.05) is 13.1 Å². The van der Waals surface area contributed by atoms with E-state index in [2.05, 4.69) is 54.2 Å². The molecule has 6 nitrogen and oxygen atoms in total. The van der Waals surface area contributed by atoms with Crippen molar-refractivity contribution < 1.29 is 4.74 Å². The summed E-state index contributed by atoms with van der Waals surface area (Å²) in [5, 5.41) is 5.34. The summed E-state index contributed by atoms with van der Waals surface area (Å²) >= 11 is 6.59. The topological polar surface area (TPSA) is 59.4 Å². The van der Waals surface area contributed by atoms with Gasteiger partial charge in [-0.1, -0.05) is 17.7 Å². The number of nitrogens with zero attached hydrogens (tertiary/aromatic N) is 3. The molecule has 0 amide bonds. The number of ether oxygens (including phenoxy) is 1. The number of aryl methyl sites for hydroxylation is 1. The van der Waals surface area contributed by atoms with E-state index in [0.29, 0.717) is 23.4 Å². The van der Waals surface area contributed by atoms with E-state index < -0.39 is 0 Å². The van der Waals surface area contributed by atoms with Crippen LogP contribution in [0.2, 0.25) is 5.02 Å². The fourth-order valence-corrected chi connectivity index (χ4v) is 5.23. The minimum absolute atomic E-state index is 0.00142. The second-order valence-corrected chi connectivity index (χ2v) is 10.5. The number of fused-ring (bicyclic) bond motifs is 1. The zero-order chi connectivity index (χ0) is 24.0. The van der Waals surface area contributed by atoms with E-state index in [-0.39, 0.29) is 17.8 Å². The summed E-state index contributed by atoms with van der Waals surface area (Å²) in [5.41, 5.74) is 4.04. The average Bonchev–Trinajstić information content (AvgIpc) is 3.64. The molecule has 1 aromatic carbocycles. The highest BCUT2D eigenvalue weighted by molar-refractivity contribution is 6.31. The maximum atomic E-state index is 12.6. The van der Waals surface area contributed by atoms with Crippen LogP contribution in [0.25, 0.3) is 10.9 Å². The van der Waals surface area contributed by atoms with Gasteiger partial charge < -0.3 is 19.5 Å². The van der Waals surface area contributed by atoms with Crippen molar-refractivity contribution in [3.05, 3.63) is 63.0 Å². The average molecular weight is 481 g/mol. The Morgan fingerprint density at radius 3 is 2.62 bits per heavy atom. The Labute approximate surface area is 205 Å². The van der Waals surface area contributed by atoms with Crippen molar-refractivity contribution in [2.24, 2.45) is 13.0 Å². The maximum absolute atomic E-state index is 12.6. The molecule has 3 heterocycles. The van der Waals surface area contributed by atoms with Crippen molar-refractivity contribution in [1.29, 1.82) is 0 Å². The van der Waals surface area contributed by atoms with E-state index in [4.69, 9.17) is 16.3 Å². The fraction of sp³-hybridized carbons (Fsp3) is 0.481. The molecule has 0 unspecified atom stereocenters. The first-order valence-electron chi connectivity index (χ1n) is 12.2. The van der Waals surface area contributed by atoms with Crippen molar-refractivity contribution in [1.82, 2.24) is 9.55 Å². The van der Waals surface area contributed by atoms with Crippen LogP contribution < -0.4 is 15.8 Å². The highest BCUT2D eigenvalue weighted by Crippen LogP contribution is 2.35. The molecule has 34 heavy (non-hydrogen) atoms. The molecule has 1 aliphatic heterocycles. The zero-order valence-corrected chi connectivity index (χ0v) is 21.1. The number of morpholine rings is 1. The van der Waals surface area contributed by atoms with Crippen molar-refractivity contribution in [2.45, 2.75) is 58.3 Å². The van der Waals surface area contributed by atoms with Gasteiger partial charge >= 0.3 is 0 Å². The van der Waals surface area contributed by atoms with Crippen LogP contribution in [0, 0.1) is 5.92 Å². The third kappa shape index (κ3) is 4.80. The number of hydrogen-bond donors (Lipinski definition) is 1. The van der Waals surface area contributed by atoms with Gasteiger partial charge in [0, 0.05) is 49.5 Å². The third-order valence-corrected chi connectivity index (χ3v) is 7.42. The van der Waals surface area contributed by atoms with Crippen LogP contribution in [0.15, 0.2) is 41.3 Å². The van der Waals surface area contributed by atoms with E-state index in [0.717, 1.165) is 46.6 Å². The van der Waals surface area contributed by atoms with Crippen LogP contribution >= 0.6 is 11.6 Å². The predicted molar refractivity (Wildman–Crippen MR) is 139 cm³/mol. The Morgan fingerprint density at radius 2 is 1.91 bits per heavy atom. The van der Waals surface area contributed by atoms with Crippen LogP contribution in [-0.4, -0.2) is 40.9 Å². The van der Waals surface area contributed by atoms with Crippen molar-refractivity contribution in [2.75, 3.05) is 23.3 Å². The summed E-state index contributed by atoms with van der Waals surface area (Å²) in [6, 6.07) is 10.5. The van der Waals surface area contributed by atoms with Crippen molar-refractivity contribution in [3.8, 4) is 0 Å². The first-order chi connectivity index (χ1) is 16.3. The standard InChI is InChI=1S/C27H33ClN4O2/c1-16-14-32(15-17(2)34-16)26-11-21(23(28)13-29-26)9-19-5-8-25-22(10-19)24(12-27(33)31(25)4)30-18(3)20-6-7-20/h5,8,10-13,16-18,20,30H,6-7,9,14-15H2,1-4H3/t16-,17+,18-/m1/s1. The molecule has 2 aliphatic rings. The van der Waals surface area contributed by atoms with Crippen LogP contribution in [0.1, 0.15) is 44.7 Å². The van der Waals surface area contributed by atoms with Gasteiger partial charge in [0.15, 0.2) is 0 Å². The lowest BCUT2D eigenvalue weighted by Crippen LogP contribution is -2.45. The molecule has 0 bridgehead atoms. The van der Waals surface area contributed by atoms with Gasteiger partial charge in [0.1, 0.15) is 5.82 Å². The van der Waals surface area contributed by atoms with Gasteiger partial charge in [-0.05, 0) is 75.3 Å². The molecular formula is C27H33ClN4O2. The Kier molecular flexibility index (Phi) is 6.30. The summed E-state index contributed by atoms with van der Waals surface area (Å²) in [4.78, 5) is 19.4. The lowest BCUT2D eigenvalue weighted by atomic mass is 10.0. The predicted octanol–water partition coefficient (Wildman–Crippen LogP) is 5.00. The fourth-order valence-electron chi connectivity index (χ4n) is 5.06. The minimum atomic E-state index is 0.00142. The largest absolute Gasteiger partial charge is 0.382 e. The minimum Gasteiger partial charge on any atom is -0.382 e. The molecule has 3 aromatic rings.